The molecule has 0 heterocycles. The molecule has 0 atom stereocenters. The van der Waals surface area contributed by atoms with Crippen molar-refractivity contribution in [3.63, 3.8) is 0 Å². The third-order valence-electron chi connectivity index (χ3n) is 3.83. The van der Waals surface area contributed by atoms with Crippen LogP contribution in [0.1, 0.15) is 22.8 Å². The van der Waals surface area contributed by atoms with Crippen molar-refractivity contribution in [1.29, 1.82) is 0 Å². The molecule has 0 aliphatic rings. The van der Waals surface area contributed by atoms with E-state index in [1.54, 1.807) is 36.0 Å². The van der Waals surface area contributed by atoms with Gasteiger partial charge in [-0.1, -0.05) is 42.5 Å². The minimum atomic E-state index is -0.154. The maximum absolute atomic E-state index is 12.7. The van der Waals surface area contributed by atoms with Crippen LogP contribution in [0.5, 0.6) is 0 Å². The Kier molecular flexibility index (Phi) is 6.28. The van der Waals surface area contributed by atoms with Crippen LogP contribution in [0.15, 0.2) is 83.8 Å². The molecular formula is C22H20N2O2S. The highest BCUT2D eigenvalue weighted by molar-refractivity contribution is 7.98. The number of benzene rings is 3. The predicted molar refractivity (Wildman–Crippen MR) is 111 cm³/mol. The smallest absolute Gasteiger partial charge is 0.256 e. The first-order valence-corrected chi connectivity index (χ1v) is 9.55. The van der Waals surface area contributed by atoms with Crippen molar-refractivity contribution < 1.29 is 9.59 Å². The van der Waals surface area contributed by atoms with Crippen molar-refractivity contribution in [3.05, 3.63) is 90.0 Å². The topological polar surface area (TPSA) is 58.2 Å². The second-order valence-electron chi connectivity index (χ2n) is 5.98. The summed E-state index contributed by atoms with van der Waals surface area (Å²) in [7, 11) is 0. The molecule has 0 aliphatic carbocycles. The molecule has 3 aromatic carbocycles. The Balaban J connectivity index is 1.68. The van der Waals surface area contributed by atoms with Crippen molar-refractivity contribution >= 4 is 35.0 Å². The van der Waals surface area contributed by atoms with Crippen molar-refractivity contribution in [2.75, 3.05) is 10.6 Å². The fourth-order valence-electron chi connectivity index (χ4n) is 2.55. The lowest BCUT2D eigenvalue weighted by molar-refractivity contribution is -0.114. The van der Waals surface area contributed by atoms with Crippen LogP contribution in [0.2, 0.25) is 0 Å². The predicted octanol–water partition coefficient (Wildman–Crippen LogP) is 5.19. The van der Waals surface area contributed by atoms with E-state index in [0.29, 0.717) is 16.9 Å². The van der Waals surface area contributed by atoms with E-state index in [1.165, 1.54) is 12.5 Å². The first kappa shape index (κ1) is 18.7. The van der Waals surface area contributed by atoms with Crippen molar-refractivity contribution in [3.8, 4) is 0 Å². The number of carbonyl (C=O) groups is 2. The number of hydrogen-bond acceptors (Lipinski definition) is 3. The summed E-state index contributed by atoms with van der Waals surface area (Å²) >= 11 is 1.64. The maximum atomic E-state index is 12.7. The summed E-state index contributed by atoms with van der Waals surface area (Å²) in [6, 6.07) is 24.8. The van der Waals surface area contributed by atoms with Gasteiger partial charge in [-0.3, -0.25) is 9.59 Å². The molecule has 0 saturated heterocycles. The Morgan fingerprint density at radius 2 is 1.37 bits per heavy atom. The van der Waals surface area contributed by atoms with Gasteiger partial charge in [0.25, 0.3) is 5.91 Å². The molecule has 3 rings (SSSR count). The lowest BCUT2D eigenvalue weighted by Crippen LogP contribution is -2.13. The Bertz CT molecular complexity index is 925. The van der Waals surface area contributed by atoms with Gasteiger partial charge in [0.1, 0.15) is 0 Å². The van der Waals surface area contributed by atoms with Crippen LogP contribution in [-0.2, 0) is 10.5 Å². The number of thioether (sulfide) groups is 1. The second kappa shape index (κ2) is 9.05. The lowest BCUT2D eigenvalue weighted by Gasteiger charge is -2.11. The molecule has 0 radical (unpaired) electrons. The molecule has 2 amide bonds. The van der Waals surface area contributed by atoms with Gasteiger partial charge in [-0.2, -0.15) is 0 Å². The average molecular weight is 376 g/mol. The zero-order valence-electron chi connectivity index (χ0n) is 14.9. The van der Waals surface area contributed by atoms with E-state index in [1.807, 2.05) is 42.5 Å². The van der Waals surface area contributed by atoms with Gasteiger partial charge < -0.3 is 10.6 Å². The van der Waals surface area contributed by atoms with Crippen molar-refractivity contribution in [2.45, 2.75) is 17.6 Å². The zero-order valence-corrected chi connectivity index (χ0v) is 15.8. The van der Waals surface area contributed by atoms with Gasteiger partial charge in [-0.25, -0.2) is 0 Å². The maximum Gasteiger partial charge on any atom is 0.256 e. The molecule has 0 spiro atoms. The lowest BCUT2D eigenvalue weighted by atomic mass is 10.2. The van der Waals surface area contributed by atoms with Gasteiger partial charge in [0.15, 0.2) is 0 Å². The molecule has 0 unspecified atom stereocenters. The summed E-state index contributed by atoms with van der Waals surface area (Å²) in [5.74, 6) is 0.519. The molecule has 5 heteroatoms. The molecule has 0 saturated carbocycles. The minimum Gasteiger partial charge on any atom is -0.326 e. The number of rotatable bonds is 6. The fourth-order valence-corrected chi connectivity index (χ4v) is 3.56. The van der Waals surface area contributed by atoms with E-state index in [0.717, 1.165) is 10.6 Å². The molecule has 27 heavy (non-hydrogen) atoms. The number of amides is 2. The van der Waals surface area contributed by atoms with Gasteiger partial charge in [-0.05, 0) is 42.0 Å². The molecule has 136 valence electrons. The third-order valence-corrected chi connectivity index (χ3v) is 4.98. The van der Waals surface area contributed by atoms with Crippen LogP contribution in [-0.4, -0.2) is 11.8 Å². The summed E-state index contributed by atoms with van der Waals surface area (Å²) in [4.78, 5) is 24.7. The molecular weight excluding hydrogens is 356 g/mol. The molecule has 0 aromatic heterocycles. The van der Waals surface area contributed by atoms with Crippen molar-refractivity contribution in [1.82, 2.24) is 0 Å². The van der Waals surface area contributed by atoms with Crippen LogP contribution < -0.4 is 10.6 Å². The van der Waals surface area contributed by atoms with E-state index in [2.05, 4.69) is 22.8 Å². The first-order chi connectivity index (χ1) is 13.1. The number of nitrogens with one attached hydrogen (secondary N) is 2. The summed E-state index contributed by atoms with van der Waals surface area (Å²) in [5.41, 5.74) is 3.23. The van der Waals surface area contributed by atoms with E-state index < -0.39 is 0 Å². The fraction of sp³-hybridized carbons (Fsp3) is 0.0909. The first-order valence-electron chi connectivity index (χ1n) is 8.56. The summed E-state index contributed by atoms with van der Waals surface area (Å²) in [6.07, 6.45) is 0. The Hall–Kier alpha value is -3.05. The average Bonchev–Trinajstić information content (AvgIpc) is 2.68. The summed E-state index contributed by atoms with van der Waals surface area (Å²) in [5, 5.41) is 5.62. The van der Waals surface area contributed by atoms with Gasteiger partial charge in [0, 0.05) is 28.9 Å². The van der Waals surface area contributed by atoms with Crippen LogP contribution in [0.25, 0.3) is 0 Å². The van der Waals surface area contributed by atoms with E-state index >= 15 is 0 Å². The number of hydrogen-bond donors (Lipinski definition) is 2. The Labute approximate surface area is 163 Å². The Morgan fingerprint density at radius 1 is 0.778 bits per heavy atom. The molecule has 0 fully saturated rings. The summed E-state index contributed by atoms with van der Waals surface area (Å²) < 4.78 is 0. The van der Waals surface area contributed by atoms with Gasteiger partial charge in [-0.15, -0.1) is 11.8 Å². The summed E-state index contributed by atoms with van der Waals surface area (Å²) in [6.45, 7) is 1.46. The Morgan fingerprint density at radius 3 is 2.04 bits per heavy atom. The normalized spacial score (nSPS) is 10.3. The van der Waals surface area contributed by atoms with E-state index in [4.69, 9.17) is 0 Å². The zero-order chi connectivity index (χ0) is 19.1. The quantitative estimate of drug-likeness (QED) is 0.582. The molecule has 4 nitrogen and oxygen atoms in total. The minimum absolute atomic E-state index is 0.129. The third kappa shape index (κ3) is 5.46. The van der Waals surface area contributed by atoms with Gasteiger partial charge >= 0.3 is 0 Å². The van der Waals surface area contributed by atoms with Crippen LogP contribution >= 0.6 is 11.8 Å². The molecule has 0 aliphatic heterocycles. The second-order valence-corrected chi connectivity index (χ2v) is 7.00. The SMILES string of the molecule is CC(=O)Nc1ccc(NC(=O)c2ccccc2SCc2ccccc2)cc1. The molecule has 3 aromatic rings. The highest BCUT2D eigenvalue weighted by Crippen LogP contribution is 2.27. The number of carbonyl (C=O) groups excluding carboxylic acids is 2. The number of anilines is 2. The van der Waals surface area contributed by atoms with E-state index in [-0.39, 0.29) is 11.8 Å². The standard InChI is InChI=1S/C22H20N2O2S/c1-16(25)23-18-11-13-19(14-12-18)24-22(26)20-9-5-6-10-21(20)27-15-17-7-3-2-4-8-17/h2-14H,15H2,1H3,(H,23,25)(H,24,26). The highest BCUT2D eigenvalue weighted by atomic mass is 32.2. The van der Waals surface area contributed by atoms with E-state index in [9.17, 15) is 9.59 Å². The monoisotopic (exact) mass is 376 g/mol. The van der Waals surface area contributed by atoms with Crippen LogP contribution in [0, 0.1) is 0 Å². The molecule has 2 N–H and O–H groups in total. The van der Waals surface area contributed by atoms with Gasteiger partial charge in [0.2, 0.25) is 5.91 Å². The van der Waals surface area contributed by atoms with Crippen LogP contribution in [0.3, 0.4) is 0 Å². The van der Waals surface area contributed by atoms with Crippen LogP contribution in [0.4, 0.5) is 11.4 Å². The highest BCUT2D eigenvalue weighted by Gasteiger charge is 2.12. The largest absolute Gasteiger partial charge is 0.326 e. The molecule has 0 bridgehead atoms. The van der Waals surface area contributed by atoms with Crippen molar-refractivity contribution in [2.24, 2.45) is 0 Å². The van der Waals surface area contributed by atoms with Gasteiger partial charge in [0.05, 0.1) is 5.56 Å².